The third kappa shape index (κ3) is 5.46. The Hall–Kier alpha value is -0.660. The maximum Gasteiger partial charge on any atom is 0.321 e. The molecule has 2 unspecified atom stereocenters. The second-order valence-corrected chi connectivity index (χ2v) is 7.37. The van der Waals surface area contributed by atoms with Gasteiger partial charge in [-0.3, -0.25) is 4.79 Å². The maximum absolute atomic E-state index is 12.2. The maximum atomic E-state index is 12.2. The normalized spacial score (nSPS) is 23.0. The summed E-state index contributed by atoms with van der Waals surface area (Å²) < 4.78 is 26.7. The summed E-state index contributed by atoms with van der Waals surface area (Å²) in [5.74, 6) is -1.00. The summed E-state index contributed by atoms with van der Waals surface area (Å²) in [5.41, 5.74) is 0. The second kappa shape index (κ2) is 7.21. The molecule has 0 aromatic heterocycles. The zero-order valence-electron chi connectivity index (χ0n) is 11.6. The summed E-state index contributed by atoms with van der Waals surface area (Å²) in [6.45, 7) is 4.40. The average molecular weight is 292 g/mol. The van der Waals surface area contributed by atoms with Crippen LogP contribution in [0.5, 0.6) is 0 Å². The predicted octanol–water partition coefficient (Wildman–Crippen LogP) is 0.895. The van der Waals surface area contributed by atoms with Crippen LogP contribution >= 0.6 is 0 Å². The van der Waals surface area contributed by atoms with Crippen molar-refractivity contribution in [1.29, 1.82) is 0 Å². The molecule has 7 heteroatoms. The zero-order chi connectivity index (χ0) is 14.5. The fourth-order valence-electron chi connectivity index (χ4n) is 2.21. The molecule has 1 rings (SSSR count). The van der Waals surface area contributed by atoms with Gasteiger partial charge in [-0.25, -0.2) is 8.42 Å². The molecule has 0 aromatic rings. The average Bonchev–Trinajstić information content (AvgIpc) is 2.55. The third-order valence-corrected chi connectivity index (χ3v) is 4.97. The van der Waals surface area contributed by atoms with Gasteiger partial charge in [0, 0.05) is 0 Å². The highest BCUT2D eigenvalue weighted by Gasteiger charge is 2.31. The van der Waals surface area contributed by atoms with Gasteiger partial charge in [0.05, 0.1) is 0 Å². The molecule has 1 aliphatic heterocycles. The van der Waals surface area contributed by atoms with Crippen LogP contribution < -0.4 is 10.0 Å². The molecule has 0 bridgehead atoms. The molecule has 19 heavy (non-hydrogen) atoms. The molecule has 1 aliphatic rings. The van der Waals surface area contributed by atoms with Crippen molar-refractivity contribution in [1.82, 2.24) is 10.0 Å². The smallest absolute Gasteiger partial charge is 0.321 e. The Kier molecular flexibility index (Phi) is 6.22. The van der Waals surface area contributed by atoms with E-state index in [1.165, 1.54) is 0 Å². The van der Waals surface area contributed by atoms with E-state index in [-0.39, 0.29) is 5.92 Å². The minimum Gasteiger partial charge on any atom is -0.480 e. The Morgan fingerprint density at radius 3 is 2.63 bits per heavy atom. The van der Waals surface area contributed by atoms with Crippen LogP contribution in [0.15, 0.2) is 0 Å². The number of hydrogen-bond donors (Lipinski definition) is 3. The van der Waals surface area contributed by atoms with Gasteiger partial charge in [-0.05, 0) is 31.7 Å². The number of rotatable bonds is 6. The lowest BCUT2D eigenvalue weighted by atomic mass is 10.1. The molecule has 0 aliphatic carbocycles. The number of nitrogens with one attached hydrogen (secondary N) is 2. The first-order chi connectivity index (χ1) is 8.83. The molecule has 1 fully saturated rings. The first kappa shape index (κ1) is 16.4. The SMILES string of the molecule is CC(C)CC(NS(=O)(=O)C1CCCCCN1)C(=O)O. The number of sulfonamides is 1. The van der Waals surface area contributed by atoms with Crippen LogP contribution in [0.25, 0.3) is 0 Å². The quantitative estimate of drug-likeness (QED) is 0.676. The Morgan fingerprint density at radius 1 is 1.37 bits per heavy atom. The number of aliphatic carboxylic acids is 1. The zero-order valence-corrected chi connectivity index (χ0v) is 12.4. The Morgan fingerprint density at radius 2 is 2.05 bits per heavy atom. The van der Waals surface area contributed by atoms with E-state index in [2.05, 4.69) is 10.0 Å². The summed E-state index contributed by atoms with van der Waals surface area (Å²) in [4.78, 5) is 11.1. The summed E-state index contributed by atoms with van der Waals surface area (Å²) >= 11 is 0. The van der Waals surface area contributed by atoms with E-state index in [4.69, 9.17) is 5.11 Å². The number of hydrogen-bond acceptors (Lipinski definition) is 4. The van der Waals surface area contributed by atoms with E-state index in [0.29, 0.717) is 19.4 Å². The van der Waals surface area contributed by atoms with Crippen LogP contribution in [0.1, 0.15) is 46.0 Å². The van der Waals surface area contributed by atoms with Crippen molar-refractivity contribution in [3.8, 4) is 0 Å². The topological polar surface area (TPSA) is 95.5 Å². The van der Waals surface area contributed by atoms with Crippen molar-refractivity contribution >= 4 is 16.0 Å². The first-order valence-electron chi connectivity index (χ1n) is 6.80. The van der Waals surface area contributed by atoms with Crippen molar-refractivity contribution in [2.75, 3.05) is 6.54 Å². The van der Waals surface area contributed by atoms with Crippen LogP contribution in [-0.2, 0) is 14.8 Å². The Bertz CT molecular complexity index is 387. The van der Waals surface area contributed by atoms with Gasteiger partial charge in [-0.15, -0.1) is 0 Å². The third-order valence-electron chi connectivity index (χ3n) is 3.20. The molecule has 0 aromatic carbocycles. The van der Waals surface area contributed by atoms with Gasteiger partial charge < -0.3 is 10.4 Å². The van der Waals surface area contributed by atoms with Crippen molar-refractivity contribution in [2.45, 2.75) is 57.4 Å². The van der Waals surface area contributed by atoms with Gasteiger partial charge in [-0.2, -0.15) is 4.72 Å². The lowest BCUT2D eigenvalue weighted by molar-refractivity contribution is -0.139. The second-order valence-electron chi connectivity index (χ2n) is 5.48. The van der Waals surface area contributed by atoms with Crippen molar-refractivity contribution in [3.05, 3.63) is 0 Å². The van der Waals surface area contributed by atoms with E-state index in [1.54, 1.807) is 0 Å². The van der Waals surface area contributed by atoms with Crippen molar-refractivity contribution < 1.29 is 18.3 Å². The van der Waals surface area contributed by atoms with Crippen LogP contribution in [0.3, 0.4) is 0 Å². The standard InChI is InChI=1S/C12H24N2O4S/c1-9(2)8-10(12(15)16)14-19(17,18)11-6-4-3-5-7-13-11/h9-11,13-14H,3-8H2,1-2H3,(H,15,16). The molecule has 112 valence electrons. The molecular weight excluding hydrogens is 268 g/mol. The molecular formula is C12H24N2O4S. The van der Waals surface area contributed by atoms with Gasteiger partial charge in [0.2, 0.25) is 10.0 Å². The summed E-state index contributed by atoms with van der Waals surface area (Å²) in [7, 11) is -3.64. The minimum atomic E-state index is -3.64. The molecule has 0 saturated carbocycles. The van der Waals surface area contributed by atoms with Gasteiger partial charge >= 0.3 is 5.97 Å². The minimum absolute atomic E-state index is 0.117. The van der Waals surface area contributed by atoms with Crippen molar-refractivity contribution in [3.63, 3.8) is 0 Å². The monoisotopic (exact) mass is 292 g/mol. The summed E-state index contributed by atoms with van der Waals surface area (Å²) in [5, 5.41) is 11.4. The Balaban J connectivity index is 2.72. The molecule has 6 nitrogen and oxygen atoms in total. The van der Waals surface area contributed by atoms with E-state index in [0.717, 1.165) is 19.3 Å². The fraction of sp³-hybridized carbons (Fsp3) is 0.917. The van der Waals surface area contributed by atoms with Gasteiger partial charge in [-0.1, -0.05) is 26.7 Å². The van der Waals surface area contributed by atoms with Gasteiger partial charge in [0.15, 0.2) is 0 Å². The van der Waals surface area contributed by atoms with E-state index in [9.17, 15) is 13.2 Å². The fourth-order valence-corrected chi connectivity index (χ4v) is 3.78. The largest absolute Gasteiger partial charge is 0.480 e. The van der Waals surface area contributed by atoms with Crippen molar-refractivity contribution in [2.24, 2.45) is 5.92 Å². The number of carbonyl (C=O) groups is 1. The predicted molar refractivity (Wildman–Crippen MR) is 73.2 cm³/mol. The van der Waals surface area contributed by atoms with Crippen LogP contribution in [0.4, 0.5) is 0 Å². The number of carboxylic acid groups (broad SMARTS) is 1. The van der Waals surface area contributed by atoms with E-state index >= 15 is 0 Å². The molecule has 0 radical (unpaired) electrons. The lowest BCUT2D eigenvalue weighted by Gasteiger charge is -2.21. The van der Waals surface area contributed by atoms with Crippen LogP contribution in [-0.4, -0.2) is 37.5 Å². The highest BCUT2D eigenvalue weighted by atomic mass is 32.2. The molecule has 3 N–H and O–H groups in total. The molecule has 2 atom stereocenters. The van der Waals surface area contributed by atoms with Gasteiger partial charge in [0.1, 0.15) is 11.4 Å². The highest BCUT2D eigenvalue weighted by Crippen LogP contribution is 2.14. The van der Waals surface area contributed by atoms with Crippen LogP contribution in [0, 0.1) is 5.92 Å². The van der Waals surface area contributed by atoms with Crippen LogP contribution in [0.2, 0.25) is 0 Å². The molecule has 1 heterocycles. The Labute approximate surface area is 115 Å². The molecule has 0 spiro atoms. The molecule has 0 amide bonds. The van der Waals surface area contributed by atoms with E-state index in [1.807, 2.05) is 13.8 Å². The highest BCUT2D eigenvalue weighted by molar-refractivity contribution is 7.90. The van der Waals surface area contributed by atoms with E-state index < -0.39 is 27.4 Å². The summed E-state index contributed by atoms with van der Waals surface area (Å²) in [6.07, 6.45) is 3.64. The lowest BCUT2D eigenvalue weighted by Crippen LogP contribution is -2.49. The summed E-state index contributed by atoms with van der Waals surface area (Å²) in [6, 6.07) is -1.05. The molecule has 1 saturated heterocycles. The first-order valence-corrected chi connectivity index (χ1v) is 8.35. The van der Waals surface area contributed by atoms with Gasteiger partial charge in [0.25, 0.3) is 0 Å². The number of carboxylic acids is 1.